The molecule has 1 rings (SSSR count). The van der Waals surface area contributed by atoms with Crippen LogP contribution >= 0.6 is 11.8 Å². The minimum atomic E-state index is -4.71. The van der Waals surface area contributed by atoms with Crippen LogP contribution in [0.15, 0.2) is 22.8 Å². The van der Waals surface area contributed by atoms with Crippen LogP contribution in [0.1, 0.15) is 0 Å². The number of alkyl halides is 5. The second-order valence-corrected chi connectivity index (χ2v) is 3.66. The first kappa shape index (κ1) is 12.0. The van der Waals surface area contributed by atoms with Crippen molar-refractivity contribution in [2.45, 2.75) is 17.9 Å². The first-order chi connectivity index (χ1) is 6.85. The van der Waals surface area contributed by atoms with Crippen molar-refractivity contribution in [3.63, 3.8) is 0 Å². The predicted molar refractivity (Wildman–Crippen MR) is 46.2 cm³/mol. The van der Waals surface area contributed by atoms with Gasteiger partial charge in [-0.2, -0.15) is 13.2 Å². The molecule has 15 heavy (non-hydrogen) atoms. The number of hydrogen-bond donors (Lipinski definition) is 0. The summed E-state index contributed by atoms with van der Waals surface area (Å²) in [4.78, 5) is 2.51. The first-order valence-corrected chi connectivity index (χ1v) is 4.50. The number of rotatable bonds is 1. The van der Waals surface area contributed by atoms with Crippen molar-refractivity contribution < 1.29 is 22.0 Å². The zero-order valence-electron chi connectivity index (χ0n) is 7.05. The van der Waals surface area contributed by atoms with Crippen LogP contribution in [-0.2, 0) is 0 Å². The fraction of sp³-hybridized carbons (Fsp3) is 0.375. The van der Waals surface area contributed by atoms with Gasteiger partial charge in [0.2, 0.25) is 5.03 Å². The zero-order valence-corrected chi connectivity index (χ0v) is 7.87. The molecule has 1 nitrogen and oxygen atoms in total. The van der Waals surface area contributed by atoms with Gasteiger partial charge in [0.1, 0.15) is 12.3 Å². The van der Waals surface area contributed by atoms with E-state index in [0.29, 0.717) is 0 Å². The fourth-order valence-corrected chi connectivity index (χ4v) is 1.65. The van der Waals surface area contributed by atoms with Crippen LogP contribution in [0.4, 0.5) is 22.0 Å². The van der Waals surface area contributed by atoms with Gasteiger partial charge >= 0.3 is 5.51 Å². The quantitative estimate of drug-likeness (QED) is 0.385. The summed E-state index contributed by atoms with van der Waals surface area (Å²) in [6, 6.07) is 0. The van der Waals surface area contributed by atoms with Crippen LogP contribution in [0.2, 0.25) is 0 Å². The predicted octanol–water partition coefficient (Wildman–Crippen LogP) is 3.62. The average Bonchev–Trinajstić information content (AvgIpc) is 2.41. The van der Waals surface area contributed by atoms with E-state index in [1.807, 2.05) is 0 Å². The molecule has 0 bridgehead atoms. The number of halogens is 5. The average molecular weight is 241 g/mol. The van der Waals surface area contributed by atoms with Crippen molar-refractivity contribution in [1.29, 1.82) is 0 Å². The van der Waals surface area contributed by atoms with E-state index in [9.17, 15) is 22.0 Å². The van der Waals surface area contributed by atoms with Crippen LogP contribution in [-0.4, -0.2) is 17.9 Å². The number of nitrogens with zero attached hydrogens (tertiary/aromatic N) is 1. The third kappa shape index (κ3) is 2.96. The molecule has 0 heterocycles. The fourth-order valence-electron chi connectivity index (χ4n) is 1.05. The van der Waals surface area contributed by atoms with Crippen LogP contribution in [0.5, 0.6) is 0 Å². The molecule has 0 spiro atoms. The van der Waals surface area contributed by atoms with E-state index in [-0.39, 0.29) is 0 Å². The Morgan fingerprint density at radius 1 is 1.27 bits per heavy atom. The second kappa shape index (κ2) is 4.23. The van der Waals surface area contributed by atoms with E-state index in [2.05, 4.69) is 4.85 Å². The van der Waals surface area contributed by atoms with E-state index < -0.39 is 40.2 Å². The van der Waals surface area contributed by atoms with Crippen molar-refractivity contribution in [2.24, 2.45) is 0 Å². The lowest BCUT2D eigenvalue weighted by atomic mass is 10.2. The van der Waals surface area contributed by atoms with E-state index >= 15 is 0 Å². The minimum absolute atomic E-state index is 0.757. The molecule has 0 N–H and O–H groups in total. The highest BCUT2D eigenvalue weighted by Crippen LogP contribution is 2.41. The van der Waals surface area contributed by atoms with Gasteiger partial charge in [-0.05, 0) is 23.9 Å². The molecular weight excluding hydrogens is 237 g/mol. The van der Waals surface area contributed by atoms with E-state index in [0.717, 1.165) is 12.2 Å². The lowest BCUT2D eigenvalue weighted by Crippen LogP contribution is -2.09. The van der Waals surface area contributed by atoms with Gasteiger partial charge in [-0.15, -0.1) is 0 Å². The zero-order chi connectivity index (χ0) is 11.6. The van der Waals surface area contributed by atoms with Gasteiger partial charge in [-0.3, -0.25) is 0 Å². The Balaban J connectivity index is 3.00. The molecule has 0 amide bonds. The van der Waals surface area contributed by atoms with Gasteiger partial charge in [-0.25, -0.2) is 13.6 Å². The molecule has 0 aromatic rings. The Bertz CT molecular complexity index is 337. The molecule has 82 valence electrons. The smallest absolute Gasteiger partial charge is 0.239 e. The Labute approximate surface area is 86.5 Å². The summed E-state index contributed by atoms with van der Waals surface area (Å²) in [6.07, 6.45) is -2.30. The molecule has 2 unspecified atom stereocenters. The molecule has 0 saturated heterocycles. The number of hydrogen-bond acceptors (Lipinski definition) is 1. The summed E-state index contributed by atoms with van der Waals surface area (Å²) >= 11 is -0.788. The SMILES string of the molecule is [C-]#[N+]C(SC(F)(F)F)=C1C(F)C=CC1F. The van der Waals surface area contributed by atoms with Crippen molar-refractivity contribution >= 4 is 11.8 Å². The topological polar surface area (TPSA) is 4.36 Å². The van der Waals surface area contributed by atoms with Gasteiger partial charge < -0.3 is 0 Å². The summed E-state index contributed by atoms with van der Waals surface area (Å²) in [5.41, 5.74) is -5.47. The monoisotopic (exact) mass is 241 g/mol. The molecule has 0 fully saturated rings. The third-order valence-electron chi connectivity index (χ3n) is 1.60. The summed E-state index contributed by atoms with van der Waals surface area (Å²) < 4.78 is 61.6. The van der Waals surface area contributed by atoms with Crippen LogP contribution < -0.4 is 0 Å². The van der Waals surface area contributed by atoms with Gasteiger partial charge in [0.15, 0.2) is 0 Å². The third-order valence-corrected chi connectivity index (χ3v) is 2.36. The van der Waals surface area contributed by atoms with E-state index in [1.165, 1.54) is 0 Å². The Morgan fingerprint density at radius 2 is 1.73 bits per heavy atom. The number of thioether (sulfide) groups is 1. The minimum Gasteiger partial charge on any atom is -0.239 e. The normalized spacial score (nSPS) is 25.5. The Hall–Kier alpha value is -1.03. The molecule has 0 radical (unpaired) electrons. The number of allylic oxidation sites excluding steroid dienone is 3. The second-order valence-electron chi connectivity index (χ2n) is 2.61. The summed E-state index contributed by atoms with van der Waals surface area (Å²) in [5.74, 6) is 0. The van der Waals surface area contributed by atoms with Crippen molar-refractivity contribution in [2.75, 3.05) is 0 Å². The molecule has 0 aromatic heterocycles. The van der Waals surface area contributed by atoms with E-state index in [4.69, 9.17) is 6.57 Å². The van der Waals surface area contributed by atoms with Crippen molar-refractivity contribution in [3.05, 3.63) is 34.2 Å². The van der Waals surface area contributed by atoms with Crippen LogP contribution in [0.3, 0.4) is 0 Å². The summed E-state index contributed by atoms with van der Waals surface area (Å²) in [5, 5.41) is -0.979. The molecule has 0 aromatic carbocycles. The Morgan fingerprint density at radius 3 is 2.07 bits per heavy atom. The van der Waals surface area contributed by atoms with Crippen molar-refractivity contribution in [3.8, 4) is 0 Å². The Kier molecular flexibility index (Phi) is 3.39. The lowest BCUT2D eigenvalue weighted by molar-refractivity contribution is -0.0321. The molecule has 0 aliphatic heterocycles. The molecule has 2 atom stereocenters. The van der Waals surface area contributed by atoms with Crippen LogP contribution in [0.25, 0.3) is 4.85 Å². The summed E-state index contributed by atoms with van der Waals surface area (Å²) in [7, 11) is 0. The molecular formula is C8H4F5NS. The van der Waals surface area contributed by atoms with Gasteiger partial charge in [0, 0.05) is 5.57 Å². The maximum absolute atomic E-state index is 12.9. The highest BCUT2D eigenvalue weighted by atomic mass is 32.2. The standard InChI is InChI=1S/C8H4F5NS/c1-14-7(15-8(11,12)13)6-4(9)2-3-5(6)10/h2-5H. The summed E-state index contributed by atoms with van der Waals surface area (Å²) in [6.45, 7) is 6.47. The maximum atomic E-state index is 12.9. The van der Waals surface area contributed by atoms with E-state index in [1.54, 1.807) is 0 Å². The molecule has 0 saturated carbocycles. The van der Waals surface area contributed by atoms with Gasteiger partial charge in [-0.1, -0.05) is 0 Å². The largest absolute Gasteiger partial charge is 0.435 e. The highest BCUT2D eigenvalue weighted by molar-refractivity contribution is 8.04. The molecule has 1 aliphatic rings. The highest BCUT2D eigenvalue weighted by Gasteiger charge is 2.36. The molecule has 7 heteroatoms. The first-order valence-electron chi connectivity index (χ1n) is 3.69. The lowest BCUT2D eigenvalue weighted by Gasteiger charge is -2.10. The van der Waals surface area contributed by atoms with Crippen LogP contribution in [0, 0.1) is 6.57 Å². The van der Waals surface area contributed by atoms with Gasteiger partial charge in [0.05, 0.1) is 6.57 Å². The molecule has 1 aliphatic carbocycles. The maximum Gasteiger partial charge on any atom is 0.435 e. The van der Waals surface area contributed by atoms with Crippen molar-refractivity contribution in [1.82, 2.24) is 0 Å². The van der Waals surface area contributed by atoms with Gasteiger partial charge in [0.25, 0.3) is 0 Å².